The number of hydrogen-bond acceptors (Lipinski definition) is 3. The maximum Gasteiger partial charge on any atom is 0.322 e. The lowest BCUT2D eigenvalue weighted by molar-refractivity contribution is 0.0818. The Kier molecular flexibility index (Phi) is 6.30. The number of aromatic nitrogens is 1. The average Bonchev–Trinajstić information content (AvgIpc) is 3.21. The Labute approximate surface area is 186 Å². The van der Waals surface area contributed by atoms with E-state index in [1.807, 2.05) is 26.0 Å². The molecule has 0 saturated carbocycles. The van der Waals surface area contributed by atoms with E-state index in [1.54, 1.807) is 29.2 Å². The fourth-order valence-electron chi connectivity index (χ4n) is 4.06. The third-order valence-electron chi connectivity index (χ3n) is 5.56. The first-order valence-corrected chi connectivity index (χ1v) is 10.8. The van der Waals surface area contributed by atoms with Gasteiger partial charge in [-0.2, -0.15) is 0 Å². The fraction of sp³-hybridized carbons (Fsp3) is 0.333. The minimum Gasteiger partial charge on any atom is -0.376 e. The smallest absolute Gasteiger partial charge is 0.322 e. The SMILES string of the molecule is Cc1cc(C)c2cc(CN(CC3CCCO3)C(=O)Nc3cccc(Cl)c3)c(=O)[nH]c2c1. The van der Waals surface area contributed by atoms with Crippen molar-refractivity contribution >= 4 is 34.2 Å². The summed E-state index contributed by atoms with van der Waals surface area (Å²) in [6, 6.07) is 12.6. The molecule has 6 nitrogen and oxygen atoms in total. The first kappa shape index (κ1) is 21.4. The van der Waals surface area contributed by atoms with Crippen LogP contribution < -0.4 is 10.9 Å². The molecule has 0 spiro atoms. The summed E-state index contributed by atoms with van der Waals surface area (Å²) >= 11 is 6.05. The summed E-state index contributed by atoms with van der Waals surface area (Å²) in [7, 11) is 0. The van der Waals surface area contributed by atoms with Crippen molar-refractivity contribution in [2.75, 3.05) is 18.5 Å². The Morgan fingerprint density at radius 2 is 2.10 bits per heavy atom. The number of nitrogens with zero attached hydrogens (tertiary/aromatic N) is 1. The molecule has 2 amide bonds. The van der Waals surface area contributed by atoms with Crippen molar-refractivity contribution in [3.8, 4) is 0 Å². The van der Waals surface area contributed by atoms with Gasteiger partial charge in [0.2, 0.25) is 0 Å². The second-order valence-corrected chi connectivity index (χ2v) is 8.56. The molecule has 1 fully saturated rings. The highest BCUT2D eigenvalue weighted by molar-refractivity contribution is 6.30. The van der Waals surface area contributed by atoms with Crippen LogP contribution in [0.5, 0.6) is 0 Å². The molecule has 2 N–H and O–H groups in total. The largest absolute Gasteiger partial charge is 0.376 e. The number of H-pyrrole nitrogens is 1. The van der Waals surface area contributed by atoms with Crippen LogP contribution in [0.3, 0.4) is 0 Å². The molecule has 1 unspecified atom stereocenters. The average molecular weight is 440 g/mol. The lowest BCUT2D eigenvalue weighted by atomic mass is 10.0. The van der Waals surface area contributed by atoms with Gasteiger partial charge in [-0.05, 0) is 68.1 Å². The first-order chi connectivity index (χ1) is 14.9. The van der Waals surface area contributed by atoms with Crippen LogP contribution >= 0.6 is 11.6 Å². The van der Waals surface area contributed by atoms with E-state index in [-0.39, 0.29) is 24.2 Å². The summed E-state index contributed by atoms with van der Waals surface area (Å²) in [5.41, 5.74) is 3.94. The Morgan fingerprint density at radius 1 is 1.26 bits per heavy atom. The van der Waals surface area contributed by atoms with E-state index >= 15 is 0 Å². The number of halogens is 1. The molecule has 0 aliphatic carbocycles. The third-order valence-corrected chi connectivity index (χ3v) is 5.80. The molecule has 2 aromatic carbocycles. The Morgan fingerprint density at radius 3 is 2.84 bits per heavy atom. The molecule has 3 aromatic rings. The summed E-state index contributed by atoms with van der Waals surface area (Å²) in [4.78, 5) is 30.5. The monoisotopic (exact) mass is 439 g/mol. The summed E-state index contributed by atoms with van der Waals surface area (Å²) < 4.78 is 5.74. The lowest BCUT2D eigenvalue weighted by Gasteiger charge is -2.26. The second kappa shape index (κ2) is 9.12. The van der Waals surface area contributed by atoms with Gasteiger partial charge in [0.25, 0.3) is 5.56 Å². The minimum atomic E-state index is -0.294. The molecular weight excluding hydrogens is 414 g/mol. The Balaban J connectivity index is 1.63. The lowest BCUT2D eigenvalue weighted by Crippen LogP contribution is -2.40. The van der Waals surface area contributed by atoms with Gasteiger partial charge >= 0.3 is 6.03 Å². The molecule has 1 aromatic heterocycles. The molecule has 2 heterocycles. The molecular formula is C24H26ClN3O3. The predicted octanol–water partition coefficient (Wildman–Crippen LogP) is 5.01. The first-order valence-electron chi connectivity index (χ1n) is 10.5. The molecule has 1 aliphatic rings. The maximum atomic E-state index is 13.1. The van der Waals surface area contributed by atoms with Crippen molar-refractivity contribution in [1.82, 2.24) is 9.88 Å². The standard InChI is InChI=1S/C24H26ClN3O3/c1-15-9-16(2)21-11-17(23(29)27-22(21)10-15)13-28(14-20-7-4-8-31-20)24(30)26-19-6-3-5-18(25)12-19/h3,5-6,9-12,20H,4,7-8,13-14H2,1-2H3,(H,26,30)(H,27,29). The van der Waals surface area contributed by atoms with E-state index in [0.29, 0.717) is 29.4 Å². The molecule has 162 valence electrons. The van der Waals surface area contributed by atoms with E-state index in [0.717, 1.165) is 34.9 Å². The van der Waals surface area contributed by atoms with Crippen LogP contribution in [0.4, 0.5) is 10.5 Å². The second-order valence-electron chi connectivity index (χ2n) is 8.12. The number of anilines is 1. The number of rotatable bonds is 5. The molecule has 1 saturated heterocycles. The van der Waals surface area contributed by atoms with Crippen LogP contribution in [-0.2, 0) is 11.3 Å². The topological polar surface area (TPSA) is 74.4 Å². The molecule has 0 radical (unpaired) electrons. The number of benzene rings is 2. The quantitative estimate of drug-likeness (QED) is 0.586. The number of fused-ring (bicyclic) bond motifs is 1. The normalized spacial score (nSPS) is 15.9. The zero-order valence-corrected chi connectivity index (χ0v) is 18.5. The number of nitrogens with one attached hydrogen (secondary N) is 2. The zero-order chi connectivity index (χ0) is 22.0. The molecule has 0 bridgehead atoms. The number of aryl methyl sites for hydroxylation is 2. The van der Waals surface area contributed by atoms with Gasteiger partial charge in [0, 0.05) is 40.3 Å². The number of amides is 2. The number of aromatic amines is 1. The predicted molar refractivity (Wildman–Crippen MR) is 124 cm³/mol. The van der Waals surface area contributed by atoms with Gasteiger partial charge in [-0.1, -0.05) is 23.7 Å². The molecule has 1 atom stereocenters. The van der Waals surface area contributed by atoms with Gasteiger partial charge in [-0.3, -0.25) is 4.79 Å². The van der Waals surface area contributed by atoms with Crippen LogP contribution in [0, 0.1) is 13.8 Å². The number of hydrogen-bond donors (Lipinski definition) is 2. The van der Waals surface area contributed by atoms with E-state index in [9.17, 15) is 9.59 Å². The van der Waals surface area contributed by atoms with Crippen LogP contribution in [0.1, 0.15) is 29.5 Å². The van der Waals surface area contributed by atoms with Gasteiger partial charge < -0.3 is 19.9 Å². The van der Waals surface area contributed by atoms with E-state index in [4.69, 9.17) is 16.3 Å². The zero-order valence-electron chi connectivity index (χ0n) is 17.7. The van der Waals surface area contributed by atoms with Crippen LogP contribution in [0.25, 0.3) is 10.9 Å². The van der Waals surface area contributed by atoms with Gasteiger partial charge in [-0.15, -0.1) is 0 Å². The Bertz CT molecular complexity index is 1170. The number of urea groups is 1. The molecule has 7 heteroatoms. The molecule has 1 aliphatic heterocycles. The molecule has 4 rings (SSSR count). The number of carbonyl (C=O) groups is 1. The van der Waals surface area contributed by atoms with Gasteiger partial charge in [0.05, 0.1) is 12.6 Å². The minimum absolute atomic E-state index is 0.0333. The highest BCUT2D eigenvalue weighted by Gasteiger charge is 2.24. The van der Waals surface area contributed by atoms with Crippen molar-refractivity contribution in [3.05, 3.63) is 74.5 Å². The maximum absolute atomic E-state index is 13.1. The van der Waals surface area contributed by atoms with Crippen molar-refractivity contribution < 1.29 is 9.53 Å². The summed E-state index contributed by atoms with van der Waals surface area (Å²) in [6.07, 6.45) is 1.84. The van der Waals surface area contributed by atoms with Crippen molar-refractivity contribution in [1.29, 1.82) is 0 Å². The summed E-state index contributed by atoms with van der Waals surface area (Å²) in [5.74, 6) is 0. The fourth-order valence-corrected chi connectivity index (χ4v) is 4.25. The highest BCUT2D eigenvalue weighted by atomic mass is 35.5. The van der Waals surface area contributed by atoms with Crippen molar-refractivity contribution in [2.45, 2.75) is 39.3 Å². The van der Waals surface area contributed by atoms with Crippen molar-refractivity contribution in [2.24, 2.45) is 0 Å². The van der Waals surface area contributed by atoms with Crippen LogP contribution in [0.2, 0.25) is 5.02 Å². The van der Waals surface area contributed by atoms with Crippen molar-refractivity contribution in [3.63, 3.8) is 0 Å². The van der Waals surface area contributed by atoms with E-state index in [1.165, 1.54) is 0 Å². The van der Waals surface area contributed by atoms with E-state index < -0.39 is 0 Å². The van der Waals surface area contributed by atoms with E-state index in [2.05, 4.69) is 16.4 Å². The number of pyridine rings is 1. The summed E-state index contributed by atoms with van der Waals surface area (Å²) in [6.45, 7) is 5.32. The Hall–Kier alpha value is -2.83. The van der Waals surface area contributed by atoms with Gasteiger partial charge in [0.1, 0.15) is 0 Å². The number of ether oxygens (including phenoxy) is 1. The number of carbonyl (C=O) groups excluding carboxylic acids is 1. The third kappa shape index (κ3) is 5.09. The summed E-state index contributed by atoms with van der Waals surface area (Å²) in [5, 5.41) is 4.41. The highest BCUT2D eigenvalue weighted by Crippen LogP contribution is 2.21. The van der Waals surface area contributed by atoms with Gasteiger partial charge in [0.15, 0.2) is 0 Å². The van der Waals surface area contributed by atoms with Gasteiger partial charge in [-0.25, -0.2) is 4.79 Å². The van der Waals surface area contributed by atoms with Crippen LogP contribution in [0.15, 0.2) is 47.3 Å². The molecule has 31 heavy (non-hydrogen) atoms. The van der Waals surface area contributed by atoms with Crippen LogP contribution in [-0.4, -0.2) is 35.2 Å².